The molecular weight excluding hydrogens is 390 g/mol. The van der Waals surface area contributed by atoms with Crippen molar-refractivity contribution in [1.82, 2.24) is 15.0 Å². The minimum absolute atomic E-state index is 0.360. The lowest BCUT2D eigenvalue weighted by atomic mass is 10.1. The molecule has 152 valence electrons. The Morgan fingerprint density at radius 3 is 2.77 bits per heavy atom. The number of rotatable bonds is 6. The van der Waals surface area contributed by atoms with Crippen molar-refractivity contribution in [1.29, 1.82) is 5.26 Å². The average Bonchev–Trinajstić information content (AvgIpc) is 2.82. The number of pyridine rings is 1. The molecule has 8 nitrogen and oxygen atoms in total. The molecule has 2 aromatic heterocycles. The van der Waals surface area contributed by atoms with E-state index in [1.165, 1.54) is 6.33 Å². The summed E-state index contributed by atoms with van der Waals surface area (Å²) < 4.78 is 0. The van der Waals surface area contributed by atoms with Crippen LogP contribution in [0.25, 0.3) is 10.9 Å². The molecule has 0 aliphatic rings. The molecule has 0 bridgehead atoms. The summed E-state index contributed by atoms with van der Waals surface area (Å²) in [5, 5.41) is 13.2. The maximum absolute atomic E-state index is 11.7. The summed E-state index contributed by atoms with van der Waals surface area (Å²) >= 11 is 0. The van der Waals surface area contributed by atoms with Crippen molar-refractivity contribution < 1.29 is 4.79 Å². The van der Waals surface area contributed by atoms with Gasteiger partial charge in [-0.15, -0.1) is 0 Å². The van der Waals surface area contributed by atoms with Crippen molar-refractivity contribution in [2.45, 2.75) is 6.54 Å². The van der Waals surface area contributed by atoms with E-state index in [2.05, 4.69) is 26.3 Å². The first-order chi connectivity index (χ1) is 15.1. The van der Waals surface area contributed by atoms with E-state index in [0.29, 0.717) is 34.8 Å². The summed E-state index contributed by atoms with van der Waals surface area (Å²) in [4.78, 5) is 26.5. The first-order valence-corrected chi connectivity index (χ1v) is 9.53. The number of hydrogen-bond acceptors (Lipinski definition) is 7. The molecule has 1 amide bonds. The number of para-hydroxylation sites is 1. The van der Waals surface area contributed by atoms with Gasteiger partial charge in [-0.1, -0.05) is 18.2 Å². The Bertz CT molecular complexity index is 1310. The largest absolute Gasteiger partial charge is 0.366 e. The van der Waals surface area contributed by atoms with Crippen LogP contribution in [0.3, 0.4) is 0 Å². The molecule has 4 aromatic rings. The van der Waals surface area contributed by atoms with Crippen LogP contribution in [0, 0.1) is 11.3 Å². The third-order valence-corrected chi connectivity index (χ3v) is 4.91. The molecule has 3 N–H and O–H groups in total. The lowest BCUT2D eigenvalue weighted by molar-refractivity contribution is 0.100. The summed E-state index contributed by atoms with van der Waals surface area (Å²) in [6.45, 7) is 0.514. The molecule has 0 atom stereocenters. The van der Waals surface area contributed by atoms with Crippen LogP contribution in [-0.2, 0) is 6.54 Å². The fourth-order valence-electron chi connectivity index (χ4n) is 3.29. The first kappa shape index (κ1) is 19.8. The fourth-order valence-corrected chi connectivity index (χ4v) is 3.29. The monoisotopic (exact) mass is 409 g/mol. The predicted molar refractivity (Wildman–Crippen MR) is 119 cm³/mol. The number of carbonyl (C=O) groups excluding carboxylic acids is 1. The second kappa shape index (κ2) is 8.47. The van der Waals surface area contributed by atoms with Gasteiger partial charge in [0.05, 0.1) is 22.7 Å². The van der Waals surface area contributed by atoms with Crippen molar-refractivity contribution in [2.75, 3.05) is 17.3 Å². The maximum Gasteiger partial charge on any atom is 0.250 e. The molecule has 0 saturated carbocycles. The number of fused-ring (bicyclic) bond motifs is 1. The van der Waals surface area contributed by atoms with Gasteiger partial charge in [0.1, 0.15) is 18.0 Å². The predicted octanol–water partition coefficient (Wildman–Crippen LogP) is 3.38. The van der Waals surface area contributed by atoms with Crippen LogP contribution in [0.2, 0.25) is 0 Å². The van der Waals surface area contributed by atoms with Gasteiger partial charge in [0, 0.05) is 30.9 Å². The van der Waals surface area contributed by atoms with Crippen LogP contribution in [0.4, 0.5) is 17.3 Å². The number of benzene rings is 2. The fraction of sp³-hybridized carbons (Fsp3) is 0.0870. The lowest BCUT2D eigenvalue weighted by Crippen LogP contribution is -2.13. The molecule has 0 fully saturated rings. The van der Waals surface area contributed by atoms with Gasteiger partial charge >= 0.3 is 0 Å². The lowest BCUT2D eigenvalue weighted by Gasteiger charge is -2.19. The maximum atomic E-state index is 11.7. The van der Waals surface area contributed by atoms with Gasteiger partial charge in [-0.2, -0.15) is 5.26 Å². The Labute approximate surface area is 179 Å². The highest BCUT2D eigenvalue weighted by Gasteiger charge is 2.11. The van der Waals surface area contributed by atoms with E-state index in [9.17, 15) is 4.79 Å². The number of nitrogens with one attached hydrogen (secondary N) is 1. The second-order valence-electron chi connectivity index (χ2n) is 6.89. The zero-order valence-corrected chi connectivity index (χ0v) is 16.8. The number of nitrogens with zero attached hydrogens (tertiary/aromatic N) is 5. The van der Waals surface area contributed by atoms with E-state index in [4.69, 9.17) is 11.0 Å². The highest BCUT2D eigenvalue weighted by Crippen LogP contribution is 2.25. The normalized spacial score (nSPS) is 10.5. The topological polar surface area (TPSA) is 121 Å². The van der Waals surface area contributed by atoms with Crippen molar-refractivity contribution in [3.05, 3.63) is 83.8 Å². The third kappa shape index (κ3) is 4.11. The zero-order valence-electron chi connectivity index (χ0n) is 16.8. The van der Waals surface area contributed by atoms with Crippen LogP contribution < -0.4 is 16.0 Å². The number of aromatic nitrogens is 3. The Morgan fingerprint density at radius 2 is 1.97 bits per heavy atom. The van der Waals surface area contributed by atoms with E-state index in [1.807, 2.05) is 42.3 Å². The molecule has 0 aliphatic heterocycles. The number of nitrogens with two attached hydrogens (primary N) is 1. The highest BCUT2D eigenvalue weighted by atomic mass is 16.1. The summed E-state index contributed by atoms with van der Waals surface area (Å²) in [6, 6.07) is 18.8. The molecule has 0 radical (unpaired) electrons. The number of primary amides is 1. The Kier molecular flexibility index (Phi) is 5.41. The number of anilines is 3. The molecule has 0 spiro atoms. The number of nitriles is 1. The van der Waals surface area contributed by atoms with Gasteiger partial charge < -0.3 is 16.0 Å². The summed E-state index contributed by atoms with van der Waals surface area (Å²) in [5.74, 6) is 0.778. The van der Waals surface area contributed by atoms with Gasteiger partial charge in [0.2, 0.25) is 0 Å². The molecule has 8 heteroatoms. The van der Waals surface area contributed by atoms with Crippen LogP contribution in [-0.4, -0.2) is 27.9 Å². The van der Waals surface area contributed by atoms with Crippen molar-refractivity contribution in [3.8, 4) is 6.07 Å². The standard InChI is InChI=1S/C23H19N7O/c1-30(20-11-15(12-24)8-9-26-20)17-5-2-4-16(10-17)13-27-23-19-7-3-6-18(22(25)31)21(19)28-14-29-23/h2-11,14H,13H2,1H3,(H2,25,31)(H,27,28,29). The van der Waals surface area contributed by atoms with Crippen molar-refractivity contribution in [2.24, 2.45) is 5.73 Å². The van der Waals surface area contributed by atoms with Crippen LogP contribution in [0.5, 0.6) is 0 Å². The van der Waals surface area contributed by atoms with Crippen LogP contribution >= 0.6 is 0 Å². The molecule has 2 aromatic carbocycles. The van der Waals surface area contributed by atoms with Crippen molar-refractivity contribution in [3.63, 3.8) is 0 Å². The van der Waals surface area contributed by atoms with E-state index in [-0.39, 0.29) is 0 Å². The third-order valence-electron chi connectivity index (χ3n) is 4.91. The number of amides is 1. The summed E-state index contributed by atoms with van der Waals surface area (Å²) in [6.07, 6.45) is 3.03. The van der Waals surface area contributed by atoms with Crippen molar-refractivity contribution >= 4 is 34.1 Å². The molecular formula is C23H19N7O. The Morgan fingerprint density at radius 1 is 1.13 bits per heavy atom. The Hall–Kier alpha value is -4.51. The molecule has 0 saturated heterocycles. The summed E-state index contributed by atoms with van der Waals surface area (Å²) in [7, 11) is 1.90. The van der Waals surface area contributed by atoms with E-state index >= 15 is 0 Å². The summed E-state index contributed by atoms with van der Waals surface area (Å²) in [5.41, 5.74) is 8.85. The van der Waals surface area contributed by atoms with Gasteiger partial charge in [-0.05, 0) is 42.0 Å². The number of carbonyl (C=O) groups is 1. The van der Waals surface area contributed by atoms with Crippen LogP contribution in [0.1, 0.15) is 21.5 Å². The SMILES string of the molecule is CN(c1cccc(CNc2ncnc3c(C(N)=O)cccc23)c1)c1cc(C#N)ccn1. The van der Waals surface area contributed by atoms with Gasteiger partial charge in [-0.25, -0.2) is 15.0 Å². The first-order valence-electron chi connectivity index (χ1n) is 9.53. The van der Waals surface area contributed by atoms with Crippen LogP contribution in [0.15, 0.2) is 67.1 Å². The molecule has 0 unspecified atom stereocenters. The van der Waals surface area contributed by atoms with Gasteiger partial charge in [0.15, 0.2) is 0 Å². The van der Waals surface area contributed by atoms with E-state index < -0.39 is 5.91 Å². The smallest absolute Gasteiger partial charge is 0.250 e. The molecule has 4 rings (SSSR count). The number of hydrogen-bond donors (Lipinski definition) is 2. The van der Waals surface area contributed by atoms with E-state index in [1.54, 1.807) is 30.5 Å². The minimum Gasteiger partial charge on any atom is -0.366 e. The highest BCUT2D eigenvalue weighted by molar-refractivity contribution is 6.06. The zero-order chi connectivity index (χ0) is 21.8. The van der Waals surface area contributed by atoms with Gasteiger partial charge in [-0.3, -0.25) is 4.79 Å². The Balaban J connectivity index is 1.57. The minimum atomic E-state index is -0.528. The molecule has 0 aliphatic carbocycles. The van der Waals surface area contributed by atoms with Gasteiger partial charge in [0.25, 0.3) is 5.91 Å². The second-order valence-corrected chi connectivity index (χ2v) is 6.89. The molecule has 2 heterocycles. The quantitative estimate of drug-likeness (QED) is 0.501. The molecule has 31 heavy (non-hydrogen) atoms. The average molecular weight is 409 g/mol. The van der Waals surface area contributed by atoms with E-state index in [0.717, 1.165) is 16.6 Å².